The van der Waals surface area contributed by atoms with Crippen LogP contribution in [0.15, 0.2) is 36.4 Å². The number of aryl methyl sites for hydroxylation is 2. The van der Waals surface area contributed by atoms with Crippen LogP contribution in [0, 0.1) is 13.8 Å². The molecule has 0 unspecified atom stereocenters. The topological polar surface area (TPSA) is 50.7 Å². The van der Waals surface area contributed by atoms with Gasteiger partial charge in [0.1, 0.15) is 11.5 Å². The Morgan fingerprint density at radius 3 is 2.45 bits per heavy atom. The first-order valence-electron chi connectivity index (χ1n) is 6.57. The molecule has 4 heteroatoms. The Morgan fingerprint density at radius 1 is 0.900 bits per heavy atom. The molecule has 0 bridgehead atoms. The predicted octanol–water partition coefficient (Wildman–Crippen LogP) is 3.35. The van der Waals surface area contributed by atoms with Crippen molar-refractivity contribution in [2.45, 2.75) is 13.8 Å². The normalized spacial score (nSPS) is 10.8. The van der Waals surface area contributed by atoms with Crippen LogP contribution < -0.4 is 5.32 Å². The SMILES string of the molecule is CNc1nc(C)nnc1-c1ccc2cc(C)ccc2c1. The van der Waals surface area contributed by atoms with Gasteiger partial charge in [0.2, 0.25) is 0 Å². The lowest BCUT2D eigenvalue weighted by atomic mass is 10.0. The molecular weight excluding hydrogens is 248 g/mol. The van der Waals surface area contributed by atoms with E-state index < -0.39 is 0 Å². The zero-order valence-electron chi connectivity index (χ0n) is 11.8. The van der Waals surface area contributed by atoms with Crippen LogP contribution in [-0.2, 0) is 0 Å². The Labute approximate surface area is 117 Å². The molecule has 3 aromatic rings. The molecule has 1 heterocycles. The fourth-order valence-corrected chi connectivity index (χ4v) is 2.29. The maximum atomic E-state index is 4.38. The predicted molar refractivity (Wildman–Crippen MR) is 81.8 cm³/mol. The molecule has 1 N–H and O–H groups in total. The van der Waals surface area contributed by atoms with Crippen LogP contribution in [0.25, 0.3) is 22.0 Å². The highest BCUT2D eigenvalue weighted by atomic mass is 15.2. The molecule has 0 aliphatic heterocycles. The minimum atomic E-state index is 0.662. The highest BCUT2D eigenvalue weighted by Crippen LogP contribution is 2.27. The number of nitrogens with zero attached hydrogens (tertiary/aromatic N) is 3. The summed E-state index contributed by atoms with van der Waals surface area (Å²) >= 11 is 0. The third-order valence-electron chi connectivity index (χ3n) is 3.30. The summed E-state index contributed by atoms with van der Waals surface area (Å²) in [6, 6.07) is 12.7. The van der Waals surface area contributed by atoms with Crippen LogP contribution in [0.4, 0.5) is 5.82 Å². The highest BCUT2D eigenvalue weighted by Gasteiger charge is 2.09. The molecule has 0 spiro atoms. The van der Waals surface area contributed by atoms with E-state index in [1.807, 2.05) is 14.0 Å². The number of hydrogen-bond donors (Lipinski definition) is 1. The van der Waals surface area contributed by atoms with Crippen molar-refractivity contribution in [2.24, 2.45) is 0 Å². The van der Waals surface area contributed by atoms with E-state index in [2.05, 4.69) is 63.8 Å². The van der Waals surface area contributed by atoms with Gasteiger partial charge >= 0.3 is 0 Å². The number of rotatable bonds is 2. The van der Waals surface area contributed by atoms with E-state index in [4.69, 9.17) is 0 Å². The second-order valence-electron chi connectivity index (χ2n) is 4.87. The lowest BCUT2D eigenvalue weighted by Gasteiger charge is -2.08. The van der Waals surface area contributed by atoms with Crippen LogP contribution in [-0.4, -0.2) is 22.2 Å². The first-order valence-corrected chi connectivity index (χ1v) is 6.57. The first-order chi connectivity index (χ1) is 9.67. The van der Waals surface area contributed by atoms with Gasteiger partial charge in [-0.25, -0.2) is 4.98 Å². The number of hydrogen-bond acceptors (Lipinski definition) is 4. The van der Waals surface area contributed by atoms with E-state index >= 15 is 0 Å². The molecule has 0 saturated heterocycles. The monoisotopic (exact) mass is 264 g/mol. The molecule has 0 atom stereocenters. The molecule has 4 nitrogen and oxygen atoms in total. The van der Waals surface area contributed by atoms with Crippen molar-refractivity contribution >= 4 is 16.6 Å². The van der Waals surface area contributed by atoms with Crippen molar-refractivity contribution in [3.63, 3.8) is 0 Å². The number of nitrogens with one attached hydrogen (secondary N) is 1. The Kier molecular flexibility index (Phi) is 3.06. The Morgan fingerprint density at radius 2 is 1.65 bits per heavy atom. The van der Waals surface area contributed by atoms with Gasteiger partial charge in [-0.1, -0.05) is 35.9 Å². The fourth-order valence-electron chi connectivity index (χ4n) is 2.29. The second kappa shape index (κ2) is 4.89. The molecular formula is C16H16N4. The summed E-state index contributed by atoms with van der Waals surface area (Å²) in [6.45, 7) is 3.93. The van der Waals surface area contributed by atoms with Crippen LogP contribution in [0.3, 0.4) is 0 Å². The van der Waals surface area contributed by atoms with Crippen molar-refractivity contribution in [1.82, 2.24) is 15.2 Å². The van der Waals surface area contributed by atoms with Crippen LogP contribution in [0.5, 0.6) is 0 Å². The summed E-state index contributed by atoms with van der Waals surface area (Å²) in [5.41, 5.74) is 3.06. The summed E-state index contributed by atoms with van der Waals surface area (Å²) < 4.78 is 0. The first kappa shape index (κ1) is 12.5. The van der Waals surface area contributed by atoms with Gasteiger partial charge in [0, 0.05) is 12.6 Å². The Balaban J connectivity index is 2.17. The summed E-state index contributed by atoms with van der Waals surface area (Å²) in [5.74, 6) is 1.42. The molecule has 3 rings (SSSR count). The van der Waals surface area contributed by atoms with Crippen molar-refractivity contribution < 1.29 is 0 Å². The number of benzene rings is 2. The van der Waals surface area contributed by atoms with Crippen LogP contribution in [0.2, 0.25) is 0 Å². The van der Waals surface area contributed by atoms with Gasteiger partial charge in [0.15, 0.2) is 5.82 Å². The van der Waals surface area contributed by atoms with Crippen LogP contribution >= 0.6 is 0 Å². The smallest absolute Gasteiger partial charge is 0.156 e. The summed E-state index contributed by atoms with van der Waals surface area (Å²) in [4.78, 5) is 4.38. The minimum Gasteiger partial charge on any atom is -0.371 e. The van der Waals surface area contributed by atoms with E-state index in [0.29, 0.717) is 5.82 Å². The lowest BCUT2D eigenvalue weighted by molar-refractivity contribution is 0.916. The molecule has 0 aliphatic rings. The Hall–Kier alpha value is -2.49. The Bertz CT molecular complexity index is 781. The van der Waals surface area contributed by atoms with Crippen molar-refractivity contribution in [3.05, 3.63) is 47.8 Å². The van der Waals surface area contributed by atoms with Crippen molar-refractivity contribution in [2.75, 3.05) is 12.4 Å². The molecule has 0 aliphatic carbocycles. The highest BCUT2D eigenvalue weighted by molar-refractivity contribution is 5.88. The molecule has 0 radical (unpaired) electrons. The summed E-state index contributed by atoms with van der Waals surface area (Å²) in [6.07, 6.45) is 0. The molecule has 100 valence electrons. The van der Waals surface area contributed by atoms with Gasteiger partial charge in [-0.3, -0.25) is 0 Å². The average Bonchev–Trinajstić information content (AvgIpc) is 2.46. The average molecular weight is 264 g/mol. The largest absolute Gasteiger partial charge is 0.371 e. The van der Waals surface area contributed by atoms with E-state index in [9.17, 15) is 0 Å². The van der Waals surface area contributed by atoms with Gasteiger partial charge in [0.25, 0.3) is 0 Å². The van der Waals surface area contributed by atoms with E-state index in [0.717, 1.165) is 17.1 Å². The van der Waals surface area contributed by atoms with Crippen LogP contribution in [0.1, 0.15) is 11.4 Å². The van der Waals surface area contributed by atoms with Gasteiger partial charge in [-0.2, -0.15) is 0 Å². The standard InChI is InChI=1S/C16H16N4/c1-10-4-5-13-9-14(7-6-12(13)8-10)15-16(17-3)18-11(2)19-20-15/h4-9H,1-3H3,(H,17,18,19). The van der Waals surface area contributed by atoms with E-state index in [1.165, 1.54) is 16.3 Å². The number of anilines is 1. The van der Waals surface area contributed by atoms with Gasteiger partial charge in [-0.15, -0.1) is 10.2 Å². The molecule has 1 aromatic heterocycles. The van der Waals surface area contributed by atoms with E-state index in [1.54, 1.807) is 0 Å². The quantitative estimate of drug-likeness (QED) is 0.771. The maximum absolute atomic E-state index is 4.38. The molecule has 2 aromatic carbocycles. The second-order valence-corrected chi connectivity index (χ2v) is 4.87. The summed E-state index contributed by atoms with van der Waals surface area (Å²) in [7, 11) is 1.84. The molecule has 0 amide bonds. The zero-order valence-corrected chi connectivity index (χ0v) is 11.8. The molecule has 0 fully saturated rings. The van der Waals surface area contributed by atoms with E-state index in [-0.39, 0.29) is 0 Å². The van der Waals surface area contributed by atoms with Crippen molar-refractivity contribution in [3.8, 4) is 11.3 Å². The number of aromatic nitrogens is 3. The van der Waals surface area contributed by atoms with Gasteiger partial charge in [0.05, 0.1) is 0 Å². The van der Waals surface area contributed by atoms with Gasteiger partial charge < -0.3 is 5.32 Å². The molecule has 20 heavy (non-hydrogen) atoms. The maximum Gasteiger partial charge on any atom is 0.156 e. The zero-order chi connectivity index (χ0) is 14.1. The summed E-state index contributed by atoms with van der Waals surface area (Å²) in [5, 5.41) is 13.8. The lowest BCUT2D eigenvalue weighted by Crippen LogP contribution is -2.02. The fraction of sp³-hybridized carbons (Fsp3) is 0.188. The number of fused-ring (bicyclic) bond motifs is 1. The van der Waals surface area contributed by atoms with Crippen molar-refractivity contribution in [1.29, 1.82) is 0 Å². The third-order valence-corrected chi connectivity index (χ3v) is 3.30. The minimum absolute atomic E-state index is 0.662. The third kappa shape index (κ3) is 2.20. The molecule has 0 saturated carbocycles. The van der Waals surface area contributed by atoms with Gasteiger partial charge in [-0.05, 0) is 30.7 Å².